The van der Waals surface area contributed by atoms with Gasteiger partial charge in [-0.2, -0.15) is 0 Å². The van der Waals surface area contributed by atoms with Crippen molar-refractivity contribution in [2.45, 2.75) is 32.9 Å². The molecule has 1 N–H and O–H groups in total. The van der Waals surface area contributed by atoms with Crippen LogP contribution in [0.5, 0.6) is 0 Å². The third kappa shape index (κ3) is 3.49. The molecule has 8 nitrogen and oxygen atoms in total. The van der Waals surface area contributed by atoms with Crippen LogP contribution in [0.15, 0.2) is 36.7 Å². The minimum absolute atomic E-state index is 0.101. The molecule has 1 amide bonds. The van der Waals surface area contributed by atoms with Crippen molar-refractivity contribution < 1.29 is 14.3 Å². The lowest BCUT2D eigenvalue weighted by Gasteiger charge is -2.44. The summed E-state index contributed by atoms with van der Waals surface area (Å²) in [5.74, 6) is 0.537. The maximum Gasteiger partial charge on any atom is 0.339 e. The molecule has 2 unspecified atom stereocenters. The molecule has 1 aliphatic rings. The number of esters is 1. The van der Waals surface area contributed by atoms with Gasteiger partial charge in [0.05, 0.1) is 18.4 Å². The van der Waals surface area contributed by atoms with E-state index in [0.717, 1.165) is 35.6 Å². The van der Waals surface area contributed by atoms with Crippen LogP contribution in [0.25, 0.3) is 22.3 Å². The van der Waals surface area contributed by atoms with Crippen LogP contribution in [0.3, 0.4) is 0 Å². The highest BCUT2D eigenvalue weighted by Crippen LogP contribution is 2.29. The molecule has 156 valence electrons. The molecule has 0 bridgehead atoms. The highest BCUT2D eigenvalue weighted by Gasteiger charge is 2.31. The van der Waals surface area contributed by atoms with E-state index in [1.54, 1.807) is 13.0 Å². The Morgan fingerprint density at radius 2 is 1.93 bits per heavy atom. The quantitative estimate of drug-likeness (QED) is 0.672. The van der Waals surface area contributed by atoms with Crippen LogP contribution in [-0.4, -0.2) is 64.0 Å². The van der Waals surface area contributed by atoms with E-state index in [2.05, 4.69) is 28.7 Å². The Labute approximate surface area is 174 Å². The summed E-state index contributed by atoms with van der Waals surface area (Å²) in [6, 6.07) is 7.88. The molecule has 2 atom stereocenters. The highest BCUT2D eigenvalue weighted by atomic mass is 16.5. The Morgan fingerprint density at radius 1 is 1.20 bits per heavy atom. The number of fused-ring (bicyclic) bond motifs is 1. The summed E-state index contributed by atoms with van der Waals surface area (Å²) >= 11 is 0. The SMILES string of the molecule is COC(=O)c1cnc2[nH]cc(-c3cccc(N4CC(C)N(C(C)=O)C(C)C4)n3)c2c1. The molecule has 1 saturated heterocycles. The normalized spacial score (nSPS) is 19.2. The van der Waals surface area contributed by atoms with Gasteiger partial charge in [-0.25, -0.2) is 14.8 Å². The number of carbonyl (C=O) groups is 2. The number of ether oxygens (including phenoxy) is 1. The lowest BCUT2D eigenvalue weighted by Crippen LogP contribution is -2.58. The Balaban J connectivity index is 1.68. The van der Waals surface area contributed by atoms with Crippen molar-refractivity contribution in [2.24, 2.45) is 0 Å². The van der Waals surface area contributed by atoms with Crippen molar-refractivity contribution in [3.05, 3.63) is 42.2 Å². The second kappa shape index (κ2) is 7.78. The van der Waals surface area contributed by atoms with Crippen LogP contribution < -0.4 is 4.90 Å². The maximum absolute atomic E-state index is 11.9. The smallest absolute Gasteiger partial charge is 0.339 e. The van der Waals surface area contributed by atoms with Gasteiger partial charge in [0.15, 0.2) is 0 Å². The Hall–Kier alpha value is -3.42. The van der Waals surface area contributed by atoms with Gasteiger partial charge >= 0.3 is 5.97 Å². The van der Waals surface area contributed by atoms with Gasteiger partial charge in [0, 0.05) is 55.4 Å². The van der Waals surface area contributed by atoms with Crippen LogP contribution in [-0.2, 0) is 9.53 Å². The molecule has 0 aromatic carbocycles. The third-order valence-electron chi connectivity index (χ3n) is 5.57. The summed E-state index contributed by atoms with van der Waals surface area (Å²) in [5, 5.41) is 0.811. The third-order valence-corrected chi connectivity index (χ3v) is 5.57. The fourth-order valence-corrected chi connectivity index (χ4v) is 4.32. The van der Waals surface area contributed by atoms with Gasteiger partial charge in [-0.3, -0.25) is 4.79 Å². The fourth-order valence-electron chi connectivity index (χ4n) is 4.32. The average Bonchev–Trinajstić information content (AvgIpc) is 3.15. The highest BCUT2D eigenvalue weighted by molar-refractivity contribution is 5.98. The van der Waals surface area contributed by atoms with E-state index in [1.807, 2.05) is 29.3 Å². The first kappa shape index (κ1) is 19.9. The summed E-state index contributed by atoms with van der Waals surface area (Å²) in [4.78, 5) is 40.3. The van der Waals surface area contributed by atoms with E-state index < -0.39 is 5.97 Å². The molecule has 1 aliphatic heterocycles. The Bertz CT molecular complexity index is 1100. The molecule has 4 heterocycles. The number of hydrogen-bond donors (Lipinski definition) is 1. The number of anilines is 1. The number of pyridine rings is 2. The lowest BCUT2D eigenvalue weighted by atomic mass is 10.1. The van der Waals surface area contributed by atoms with Gasteiger partial charge in [-0.05, 0) is 32.0 Å². The largest absolute Gasteiger partial charge is 0.465 e. The average molecular weight is 407 g/mol. The van der Waals surface area contributed by atoms with Crippen LogP contribution in [0.1, 0.15) is 31.1 Å². The van der Waals surface area contributed by atoms with E-state index in [4.69, 9.17) is 9.72 Å². The molecule has 0 spiro atoms. The number of methoxy groups -OCH3 is 1. The summed E-state index contributed by atoms with van der Waals surface area (Å²) in [6.45, 7) is 7.20. The molecular weight excluding hydrogens is 382 g/mol. The number of aromatic amines is 1. The van der Waals surface area contributed by atoms with Crippen LogP contribution in [0.2, 0.25) is 0 Å². The van der Waals surface area contributed by atoms with E-state index >= 15 is 0 Å². The van der Waals surface area contributed by atoms with Gasteiger partial charge in [-0.15, -0.1) is 0 Å². The van der Waals surface area contributed by atoms with Crippen LogP contribution in [0, 0.1) is 0 Å². The zero-order chi connectivity index (χ0) is 21.4. The van der Waals surface area contributed by atoms with Crippen molar-refractivity contribution in [3.8, 4) is 11.3 Å². The van der Waals surface area contributed by atoms with Crippen molar-refractivity contribution in [1.82, 2.24) is 19.9 Å². The van der Waals surface area contributed by atoms with Crippen molar-refractivity contribution >= 4 is 28.7 Å². The number of H-pyrrole nitrogens is 1. The number of nitrogens with one attached hydrogen (secondary N) is 1. The second-order valence-electron chi connectivity index (χ2n) is 7.72. The molecule has 1 fully saturated rings. The minimum atomic E-state index is -0.426. The first-order valence-corrected chi connectivity index (χ1v) is 9.95. The number of hydrogen-bond acceptors (Lipinski definition) is 6. The predicted molar refractivity (Wildman–Crippen MR) is 114 cm³/mol. The molecule has 8 heteroatoms. The molecule has 0 saturated carbocycles. The monoisotopic (exact) mass is 407 g/mol. The van der Waals surface area contributed by atoms with Crippen molar-refractivity contribution in [3.63, 3.8) is 0 Å². The number of amides is 1. The molecule has 0 radical (unpaired) electrons. The first-order chi connectivity index (χ1) is 14.4. The Morgan fingerprint density at radius 3 is 2.60 bits per heavy atom. The van der Waals surface area contributed by atoms with Crippen molar-refractivity contribution in [1.29, 1.82) is 0 Å². The number of nitrogens with zero attached hydrogens (tertiary/aromatic N) is 4. The van der Waals surface area contributed by atoms with E-state index in [0.29, 0.717) is 11.2 Å². The van der Waals surface area contributed by atoms with E-state index in [9.17, 15) is 9.59 Å². The zero-order valence-corrected chi connectivity index (χ0v) is 17.5. The molecule has 0 aliphatic carbocycles. The number of piperazine rings is 1. The second-order valence-corrected chi connectivity index (χ2v) is 7.72. The van der Waals surface area contributed by atoms with Crippen molar-refractivity contribution in [2.75, 3.05) is 25.1 Å². The summed E-state index contributed by atoms with van der Waals surface area (Å²) < 4.78 is 4.81. The fraction of sp³-hybridized carbons (Fsp3) is 0.364. The molecule has 3 aromatic rings. The first-order valence-electron chi connectivity index (χ1n) is 9.95. The number of aromatic nitrogens is 3. The predicted octanol–water partition coefficient (Wildman–Crippen LogP) is 2.86. The topological polar surface area (TPSA) is 91.4 Å². The zero-order valence-electron chi connectivity index (χ0n) is 17.5. The van der Waals surface area contributed by atoms with Gasteiger partial charge in [0.1, 0.15) is 11.5 Å². The molecule has 4 rings (SSSR count). The molecular formula is C22H25N5O3. The van der Waals surface area contributed by atoms with Gasteiger partial charge < -0.3 is 19.5 Å². The summed E-state index contributed by atoms with van der Waals surface area (Å²) in [5.41, 5.74) is 2.73. The van der Waals surface area contributed by atoms with E-state index in [-0.39, 0.29) is 18.0 Å². The minimum Gasteiger partial charge on any atom is -0.465 e. The maximum atomic E-state index is 11.9. The Kier molecular flexibility index (Phi) is 5.15. The standard InChI is InChI=1S/C22H25N5O3/c1-13-11-26(12-14(2)27(13)15(3)28)20-7-5-6-19(25-20)18-10-24-21-17(18)8-16(9-23-21)22(29)30-4/h5-10,13-14H,11-12H2,1-4H3,(H,23,24). The lowest BCUT2D eigenvalue weighted by molar-refractivity contribution is -0.133. The molecule has 3 aromatic heterocycles. The van der Waals surface area contributed by atoms with Crippen LogP contribution >= 0.6 is 0 Å². The molecule has 30 heavy (non-hydrogen) atoms. The van der Waals surface area contributed by atoms with E-state index in [1.165, 1.54) is 13.3 Å². The van der Waals surface area contributed by atoms with Crippen LogP contribution in [0.4, 0.5) is 5.82 Å². The number of carbonyl (C=O) groups excluding carboxylic acids is 2. The van der Waals surface area contributed by atoms with Gasteiger partial charge in [0.2, 0.25) is 5.91 Å². The summed E-state index contributed by atoms with van der Waals surface area (Å²) in [6.07, 6.45) is 3.35. The summed E-state index contributed by atoms with van der Waals surface area (Å²) in [7, 11) is 1.35. The van der Waals surface area contributed by atoms with Gasteiger partial charge in [0.25, 0.3) is 0 Å². The van der Waals surface area contributed by atoms with Gasteiger partial charge in [-0.1, -0.05) is 6.07 Å². The number of rotatable bonds is 3.